The van der Waals surface area contributed by atoms with Crippen LogP contribution in [0.2, 0.25) is 0 Å². The quantitative estimate of drug-likeness (QED) is 0.862. The molecular weight excluding hydrogens is 212 g/mol. The summed E-state index contributed by atoms with van der Waals surface area (Å²) in [6.07, 6.45) is 6.08. The fourth-order valence-corrected chi connectivity index (χ4v) is 3.08. The Labute approximate surface area is 101 Å². The van der Waals surface area contributed by atoms with Crippen molar-refractivity contribution in [1.82, 2.24) is 14.5 Å². The first kappa shape index (κ1) is 10.6. The number of hydrogen-bond donors (Lipinski definition) is 1. The molecule has 2 aromatic rings. The molecule has 0 spiro atoms. The minimum absolute atomic E-state index is 0.199. The van der Waals surface area contributed by atoms with Gasteiger partial charge >= 0.3 is 0 Å². The monoisotopic (exact) mass is 230 g/mol. The fraction of sp³-hybridized carbons (Fsp3) is 0.538. The van der Waals surface area contributed by atoms with E-state index < -0.39 is 0 Å². The number of fused-ring (bicyclic) bond motifs is 1. The summed E-state index contributed by atoms with van der Waals surface area (Å²) in [6, 6.07) is 2.02. The molecule has 2 heterocycles. The topological polar surface area (TPSA) is 42.7 Å². The SMILES string of the molecule is CC1CC(C)(Nc2ncnc3ccn(C)c23)C1. The van der Waals surface area contributed by atoms with Gasteiger partial charge in [-0.05, 0) is 31.7 Å². The van der Waals surface area contributed by atoms with E-state index >= 15 is 0 Å². The van der Waals surface area contributed by atoms with Gasteiger partial charge in [-0.1, -0.05) is 6.92 Å². The molecule has 0 saturated heterocycles. The normalized spacial score (nSPS) is 28.1. The van der Waals surface area contributed by atoms with Crippen LogP contribution in [0.15, 0.2) is 18.6 Å². The van der Waals surface area contributed by atoms with E-state index in [1.807, 2.05) is 19.3 Å². The molecule has 90 valence electrons. The van der Waals surface area contributed by atoms with Gasteiger partial charge in [0.1, 0.15) is 11.8 Å². The van der Waals surface area contributed by atoms with Crippen molar-refractivity contribution >= 4 is 16.9 Å². The molecule has 1 saturated carbocycles. The molecule has 1 N–H and O–H groups in total. The first-order chi connectivity index (χ1) is 8.07. The first-order valence-corrected chi connectivity index (χ1v) is 6.12. The molecule has 1 fully saturated rings. The maximum absolute atomic E-state index is 4.39. The maximum Gasteiger partial charge on any atom is 0.154 e. The van der Waals surface area contributed by atoms with Crippen LogP contribution in [0.1, 0.15) is 26.7 Å². The Bertz CT molecular complexity index is 552. The van der Waals surface area contributed by atoms with Crippen molar-refractivity contribution in [2.24, 2.45) is 13.0 Å². The summed E-state index contributed by atoms with van der Waals surface area (Å²) in [7, 11) is 2.03. The third-order valence-electron chi connectivity index (χ3n) is 3.68. The van der Waals surface area contributed by atoms with Gasteiger partial charge in [0, 0.05) is 18.8 Å². The zero-order valence-electron chi connectivity index (χ0n) is 10.6. The van der Waals surface area contributed by atoms with Crippen molar-refractivity contribution in [2.75, 3.05) is 5.32 Å². The highest BCUT2D eigenvalue weighted by Crippen LogP contribution is 2.40. The Morgan fingerprint density at radius 2 is 2.18 bits per heavy atom. The molecule has 0 bridgehead atoms. The number of anilines is 1. The average molecular weight is 230 g/mol. The Kier molecular flexibility index (Phi) is 2.15. The molecule has 0 atom stereocenters. The highest BCUT2D eigenvalue weighted by Gasteiger charge is 2.38. The number of rotatable bonds is 2. The van der Waals surface area contributed by atoms with Gasteiger partial charge in [-0.2, -0.15) is 0 Å². The largest absolute Gasteiger partial charge is 0.363 e. The molecule has 4 nitrogen and oxygen atoms in total. The van der Waals surface area contributed by atoms with Crippen molar-refractivity contribution in [3.05, 3.63) is 18.6 Å². The Morgan fingerprint density at radius 1 is 1.41 bits per heavy atom. The van der Waals surface area contributed by atoms with Crippen molar-refractivity contribution in [3.8, 4) is 0 Å². The molecule has 0 amide bonds. The Morgan fingerprint density at radius 3 is 2.88 bits per heavy atom. The van der Waals surface area contributed by atoms with Crippen LogP contribution in [0.3, 0.4) is 0 Å². The summed E-state index contributed by atoms with van der Waals surface area (Å²) in [6.45, 7) is 4.56. The number of aromatic nitrogens is 3. The van der Waals surface area contributed by atoms with E-state index in [9.17, 15) is 0 Å². The smallest absolute Gasteiger partial charge is 0.154 e. The summed E-state index contributed by atoms with van der Waals surface area (Å²) >= 11 is 0. The lowest BCUT2D eigenvalue weighted by atomic mass is 9.70. The average Bonchev–Trinajstić information content (AvgIpc) is 2.59. The number of nitrogens with zero attached hydrogens (tertiary/aromatic N) is 3. The van der Waals surface area contributed by atoms with Crippen molar-refractivity contribution in [3.63, 3.8) is 0 Å². The van der Waals surface area contributed by atoms with Gasteiger partial charge in [-0.15, -0.1) is 0 Å². The van der Waals surface area contributed by atoms with E-state index in [1.54, 1.807) is 6.33 Å². The first-order valence-electron chi connectivity index (χ1n) is 6.12. The second kappa shape index (κ2) is 3.45. The van der Waals surface area contributed by atoms with E-state index in [4.69, 9.17) is 0 Å². The molecule has 0 aliphatic heterocycles. The Balaban J connectivity index is 1.98. The van der Waals surface area contributed by atoms with Gasteiger partial charge in [0.2, 0.25) is 0 Å². The molecular formula is C13H18N4. The van der Waals surface area contributed by atoms with Crippen LogP contribution in [0.25, 0.3) is 11.0 Å². The predicted molar refractivity (Wildman–Crippen MR) is 68.9 cm³/mol. The minimum atomic E-state index is 0.199. The number of aryl methyl sites for hydroxylation is 1. The third kappa shape index (κ3) is 1.68. The van der Waals surface area contributed by atoms with E-state index in [1.165, 1.54) is 12.8 Å². The van der Waals surface area contributed by atoms with Crippen LogP contribution >= 0.6 is 0 Å². The van der Waals surface area contributed by atoms with Crippen LogP contribution < -0.4 is 5.32 Å². The summed E-state index contributed by atoms with van der Waals surface area (Å²) in [5.74, 6) is 1.77. The van der Waals surface area contributed by atoms with Crippen LogP contribution in [-0.4, -0.2) is 20.1 Å². The van der Waals surface area contributed by atoms with Crippen LogP contribution in [0.5, 0.6) is 0 Å². The maximum atomic E-state index is 4.39. The minimum Gasteiger partial charge on any atom is -0.363 e. The predicted octanol–water partition coefficient (Wildman–Crippen LogP) is 2.57. The number of hydrogen-bond acceptors (Lipinski definition) is 3. The lowest BCUT2D eigenvalue weighted by Gasteiger charge is -2.44. The third-order valence-corrected chi connectivity index (χ3v) is 3.68. The molecule has 1 aliphatic carbocycles. The molecule has 17 heavy (non-hydrogen) atoms. The lowest BCUT2D eigenvalue weighted by Crippen LogP contribution is -2.47. The van der Waals surface area contributed by atoms with Crippen molar-refractivity contribution in [1.29, 1.82) is 0 Å². The molecule has 2 aromatic heterocycles. The Hall–Kier alpha value is -1.58. The lowest BCUT2D eigenvalue weighted by molar-refractivity contribution is 0.206. The molecule has 0 unspecified atom stereocenters. The van der Waals surface area contributed by atoms with Gasteiger partial charge in [0.25, 0.3) is 0 Å². The summed E-state index contributed by atoms with van der Waals surface area (Å²) < 4.78 is 2.07. The van der Waals surface area contributed by atoms with Gasteiger partial charge in [0.15, 0.2) is 5.82 Å². The summed E-state index contributed by atoms with van der Waals surface area (Å²) in [4.78, 5) is 8.67. The van der Waals surface area contributed by atoms with Crippen molar-refractivity contribution in [2.45, 2.75) is 32.2 Å². The van der Waals surface area contributed by atoms with E-state index in [2.05, 4.69) is 33.7 Å². The van der Waals surface area contributed by atoms with Gasteiger partial charge in [0.05, 0.1) is 5.52 Å². The molecule has 1 aliphatic rings. The number of nitrogens with one attached hydrogen (secondary N) is 1. The molecule has 4 heteroatoms. The van der Waals surface area contributed by atoms with E-state index in [0.29, 0.717) is 0 Å². The molecule has 0 aromatic carbocycles. The second-order valence-electron chi connectivity index (χ2n) is 5.58. The molecule has 3 rings (SSSR count). The van der Waals surface area contributed by atoms with Gasteiger partial charge < -0.3 is 9.88 Å². The van der Waals surface area contributed by atoms with Gasteiger partial charge in [-0.25, -0.2) is 9.97 Å². The van der Waals surface area contributed by atoms with Crippen LogP contribution in [0.4, 0.5) is 5.82 Å². The molecule has 0 radical (unpaired) electrons. The standard InChI is InChI=1S/C13H18N4/c1-9-6-13(2,7-9)16-12-11-10(14-8-15-12)4-5-17(11)3/h4-5,8-9H,6-7H2,1-3H3,(H,14,15,16). The fourth-order valence-electron chi connectivity index (χ4n) is 3.08. The van der Waals surface area contributed by atoms with E-state index in [0.717, 1.165) is 22.8 Å². The summed E-state index contributed by atoms with van der Waals surface area (Å²) in [5, 5.41) is 3.58. The van der Waals surface area contributed by atoms with Gasteiger partial charge in [-0.3, -0.25) is 0 Å². The highest BCUT2D eigenvalue weighted by molar-refractivity contribution is 5.86. The van der Waals surface area contributed by atoms with Crippen molar-refractivity contribution < 1.29 is 0 Å². The summed E-state index contributed by atoms with van der Waals surface area (Å²) in [5.41, 5.74) is 2.29. The second-order valence-corrected chi connectivity index (χ2v) is 5.58. The van der Waals surface area contributed by atoms with Crippen LogP contribution in [-0.2, 0) is 7.05 Å². The van der Waals surface area contributed by atoms with Crippen LogP contribution in [0, 0.1) is 5.92 Å². The van der Waals surface area contributed by atoms with E-state index in [-0.39, 0.29) is 5.54 Å². The zero-order chi connectivity index (χ0) is 12.0. The highest BCUT2D eigenvalue weighted by atomic mass is 15.1. The zero-order valence-corrected chi connectivity index (χ0v) is 10.6.